The molecular formula is C15H20ClN3O. The number of nitrogens with zero attached hydrogens (tertiary/aromatic N) is 2. The van der Waals surface area contributed by atoms with E-state index in [1.807, 2.05) is 42.8 Å². The van der Waals surface area contributed by atoms with Gasteiger partial charge in [0.25, 0.3) is 0 Å². The molecule has 5 heteroatoms. The molecule has 0 atom stereocenters. The van der Waals surface area contributed by atoms with Gasteiger partial charge in [-0.2, -0.15) is 5.10 Å². The van der Waals surface area contributed by atoms with Gasteiger partial charge in [-0.1, -0.05) is 23.7 Å². The van der Waals surface area contributed by atoms with Crippen LogP contribution in [0.5, 0.6) is 5.75 Å². The fraction of sp³-hybridized carbons (Fsp3) is 0.400. The number of benzene rings is 1. The SMILES string of the molecule is Cc1nn(CCCOc2ccc(CN)cc2)c(C)c1Cl. The van der Waals surface area contributed by atoms with Gasteiger partial charge in [-0.15, -0.1) is 0 Å². The quantitative estimate of drug-likeness (QED) is 0.833. The topological polar surface area (TPSA) is 53.1 Å². The van der Waals surface area contributed by atoms with E-state index in [1.54, 1.807) is 0 Å². The second-order valence-corrected chi connectivity index (χ2v) is 5.14. The molecule has 0 amide bonds. The van der Waals surface area contributed by atoms with Crippen molar-refractivity contribution in [2.45, 2.75) is 33.4 Å². The molecule has 20 heavy (non-hydrogen) atoms. The van der Waals surface area contributed by atoms with E-state index in [1.165, 1.54) is 0 Å². The number of aryl methyl sites for hydroxylation is 2. The third-order valence-corrected chi connectivity index (χ3v) is 3.78. The molecule has 1 heterocycles. The zero-order valence-electron chi connectivity index (χ0n) is 11.9. The Balaban J connectivity index is 1.79. The molecule has 4 nitrogen and oxygen atoms in total. The van der Waals surface area contributed by atoms with E-state index in [-0.39, 0.29) is 0 Å². The zero-order chi connectivity index (χ0) is 14.5. The summed E-state index contributed by atoms with van der Waals surface area (Å²) in [5, 5.41) is 5.15. The van der Waals surface area contributed by atoms with Crippen LogP contribution < -0.4 is 10.5 Å². The number of hydrogen-bond donors (Lipinski definition) is 1. The van der Waals surface area contributed by atoms with Gasteiger partial charge in [0.1, 0.15) is 5.75 Å². The smallest absolute Gasteiger partial charge is 0.119 e. The molecule has 108 valence electrons. The molecule has 0 unspecified atom stereocenters. The number of ether oxygens (including phenoxy) is 1. The second-order valence-electron chi connectivity index (χ2n) is 4.76. The van der Waals surface area contributed by atoms with Crippen molar-refractivity contribution < 1.29 is 4.74 Å². The fourth-order valence-corrected chi connectivity index (χ4v) is 2.15. The highest BCUT2D eigenvalue weighted by molar-refractivity contribution is 6.31. The third-order valence-electron chi connectivity index (χ3n) is 3.24. The first-order valence-corrected chi connectivity index (χ1v) is 7.11. The molecule has 2 rings (SSSR count). The van der Waals surface area contributed by atoms with Gasteiger partial charge in [-0.05, 0) is 31.5 Å². The minimum Gasteiger partial charge on any atom is -0.494 e. The minimum absolute atomic E-state index is 0.555. The maximum absolute atomic E-state index is 6.11. The van der Waals surface area contributed by atoms with Crippen LogP contribution in [-0.4, -0.2) is 16.4 Å². The maximum atomic E-state index is 6.11. The summed E-state index contributed by atoms with van der Waals surface area (Å²) < 4.78 is 7.62. The zero-order valence-corrected chi connectivity index (χ0v) is 12.7. The molecule has 0 fully saturated rings. The lowest BCUT2D eigenvalue weighted by Gasteiger charge is -2.08. The summed E-state index contributed by atoms with van der Waals surface area (Å²) in [7, 11) is 0. The van der Waals surface area contributed by atoms with Gasteiger partial charge in [0.2, 0.25) is 0 Å². The van der Waals surface area contributed by atoms with Gasteiger partial charge in [0.05, 0.1) is 23.0 Å². The maximum Gasteiger partial charge on any atom is 0.119 e. The van der Waals surface area contributed by atoms with Crippen LogP contribution in [0.1, 0.15) is 23.4 Å². The summed E-state index contributed by atoms with van der Waals surface area (Å²) >= 11 is 6.11. The Hall–Kier alpha value is -1.52. The van der Waals surface area contributed by atoms with Crippen molar-refractivity contribution in [3.8, 4) is 5.75 Å². The molecule has 0 aliphatic heterocycles. The van der Waals surface area contributed by atoms with Crippen molar-refractivity contribution in [2.24, 2.45) is 5.73 Å². The van der Waals surface area contributed by atoms with Gasteiger partial charge in [0.15, 0.2) is 0 Å². The Morgan fingerprint density at radius 1 is 1.25 bits per heavy atom. The Kier molecular flexibility index (Phi) is 5.04. The lowest BCUT2D eigenvalue weighted by Crippen LogP contribution is -2.07. The van der Waals surface area contributed by atoms with Gasteiger partial charge >= 0.3 is 0 Å². The Morgan fingerprint density at radius 3 is 2.50 bits per heavy atom. The van der Waals surface area contributed by atoms with E-state index in [2.05, 4.69) is 5.10 Å². The van der Waals surface area contributed by atoms with Crippen molar-refractivity contribution in [1.29, 1.82) is 0 Å². The lowest BCUT2D eigenvalue weighted by molar-refractivity contribution is 0.298. The summed E-state index contributed by atoms with van der Waals surface area (Å²) in [6, 6.07) is 7.86. The van der Waals surface area contributed by atoms with Crippen LogP contribution in [0.2, 0.25) is 5.02 Å². The second kappa shape index (κ2) is 6.77. The van der Waals surface area contributed by atoms with Gasteiger partial charge < -0.3 is 10.5 Å². The number of aromatic nitrogens is 2. The van der Waals surface area contributed by atoms with E-state index in [0.717, 1.165) is 40.7 Å². The van der Waals surface area contributed by atoms with Crippen molar-refractivity contribution in [1.82, 2.24) is 9.78 Å². The van der Waals surface area contributed by atoms with Crippen LogP contribution in [-0.2, 0) is 13.1 Å². The number of hydrogen-bond acceptors (Lipinski definition) is 3. The fourth-order valence-electron chi connectivity index (χ4n) is 2.02. The van der Waals surface area contributed by atoms with Gasteiger partial charge in [0, 0.05) is 19.5 Å². The molecule has 1 aromatic carbocycles. The summed E-state index contributed by atoms with van der Waals surface area (Å²) in [5.74, 6) is 0.869. The molecule has 2 aromatic rings. The molecule has 0 saturated heterocycles. The van der Waals surface area contributed by atoms with Crippen LogP contribution in [0.3, 0.4) is 0 Å². The molecule has 2 N–H and O–H groups in total. The van der Waals surface area contributed by atoms with Crippen molar-refractivity contribution in [3.63, 3.8) is 0 Å². The highest BCUT2D eigenvalue weighted by Crippen LogP contribution is 2.19. The first-order chi connectivity index (χ1) is 9.61. The Bertz CT molecular complexity index is 563. The van der Waals surface area contributed by atoms with Crippen LogP contribution >= 0.6 is 11.6 Å². The van der Waals surface area contributed by atoms with E-state index in [9.17, 15) is 0 Å². The summed E-state index contributed by atoms with van der Waals surface area (Å²) in [5.41, 5.74) is 8.55. The average molecular weight is 294 g/mol. The summed E-state index contributed by atoms with van der Waals surface area (Å²) in [4.78, 5) is 0. The number of nitrogens with two attached hydrogens (primary N) is 1. The molecule has 0 bridgehead atoms. The van der Waals surface area contributed by atoms with Crippen LogP contribution in [0, 0.1) is 13.8 Å². The Labute approximate surface area is 124 Å². The molecule has 0 saturated carbocycles. The lowest BCUT2D eigenvalue weighted by atomic mass is 10.2. The van der Waals surface area contributed by atoms with Crippen molar-refractivity contribution in [2.75, 3.05) is 6.61 Å². The normalized spacial score (nSPS) is 10.8. The predicted octanol–water partition coefficient (Wildman–Crippen LogP) is 3.08. The molecule has 0 spiro atoms. The summed E-state index contributed by atoms with van der Waals surface area (Å²) in [6.07, 6.45) is 0.886. The first-order valence-electron chi connectivity index (χ1n) is 6.73. The minimum atomic E-state index is 0.555. The Morgan fingerprint density at radius 2 is 1.95 bits per heavy atom. The van der Waals surface area contributed by atoms with Crippen LogP contribution in [0.25, 0.3) is 0 Å². The van der Waals surface area contributed by atoms with Crippen LogP contribution in [0.15, 0.2) is 24.3 Å². The molecule has 0 aliphatic carbocycles. The van der Waals surface area contributed by atoms with E-state index in [4.69, 9.17) is 22.1 Å². The third kappa shape index (κ3) is 3.52. The highest BCUT2D eigenvalue weighted by atomic mass is 35.5. The molecule has 1 aromatic heterocycles. The van der Waals surface area contributed by atoms with Crippen molar-refractivity contribution >= 4 is 11.6 Å². The highest BCUT2D eigenvalue weighted by Gasteiger charge is 2.08. The molecule has 0 radical (unpaired) electrons. The van der Waals surface area contributed by atoms with Gasteiger partial charge in [-0.3, -0.25) is 4.68 Å². The van der Waals surface area contributed by atoms with E-state index < -0.39 is 0 Å². The standard InChI is InChI=1S/C15H20ClN3O/c1-11-15(16)12(2)19(18-11)8-3-9-20-14-6-4-13(10-17)5-7-14/h4-7H,3,8-10,17H2,1-2H3. The van der Waals surface area contributed by atoms with Crippen molar-refractivity contribution in [3.05, 3.63) is 46.2 Å². The van der Waals surface area contributed by atoms with E-state index >= 15 is 0 Å². The van der Waals surface area contributed by atoms with Crippen LogP contribution in [0.4, 0.5) is 0 Å². The average Bonchev–Trinajstić information content (AvgIpc) is 2.71. The molecular weight excluding hydrogens is 274 g/mol. The number of rotatable bonds is 6. The van der Waals surface area contributed by atoms with E-state index in [0.29, 0.717) is 13.2 Å². The largest absolute Gasteiger partial charge is 0.494 e. The molecule has 0 aliphatic rings. The number of halogens is 1. The summed E-state index contributed by atoms with van der Waals surface area (Å²) in [6.45, 7) is 5.91. The van der Waals surface area contributed by atoms with Gasteiger partial charge in [-0.25, -0.2) is 0 Å². The predicted molar refractivity (Wildman–Crippen MR) is 81.2 cm³/mol. The first kappa shape index (κ1) is 14.9. The monoisotopic (exact) mass is 293 g/mol.